The molecule has 3 rings (SSSR count). The van der Waals surface area contributed by atoms with Crippen molar-refractivity contribution in [2.75, 3.05) is 0 Å². The van der Waals surface area contributed by atoms with E-state index in [4.69, 9.17) is 0 Å². The highest BCUT2D eigenvalue weighted by molar-refractivity contribution is 6.52. The summed E-state index contributed by atoms with van der Waals surface area (Å²) in [5.74, 6) is -1.29. The van der Waals surface area contributed by atoms with E-state index in [2.05, 4.69) is 0 Å². The van der Waals surface area contributed by atoms with Gasteiger partial charge in [-0.25, -0.2) is 0 Å². The summed E-state index contributed by atoms with van der Waals surface area (Å²) in [6.45, 7) is 0. The minimum absolute atomic E-state index is 0.0992. The van der Waals surface area contributed by atoms with Gasteiger partial charge >= 0.3 is 0 Å². The maximum atomic E-state index is 12.1. The number of allylic oxidation sites excluding steroid dienone is 2. The predicted octanol–water partition coefficient (Wildman–Crippen LogP) is 3.82. The first-order valence-corrected chi connectivity index (χ1v) is 7.00. The number of Topliss-reactive ketones (excluding diaryl/α,β-unsaturated/α-hetero) is 2. The lowest BCUT2D eigenvalue weighted by molar-refractivity contribution is -0.112. The minimum Gasteiger partial charge on any atom is -0.507 e. The molecule has 1 N–H and O–H groups in total. The molecule has 0 amide bonds. The molecule has 0 fully saturated rings. The Bertz CT molecular complexity index is 798. The van der Waals surface area contributed by atoms with Gasteiger partial charge in [-0.05, 0) is 12.0 Å². The van der Waals surface area contributed by atoms with Crippen LogP contribution in [0.3, 0.4) is 0 Å². The van der Waals surface area contributed by atoms with Gasteiger partial charge < -0.3 is 5.11 Å². The van der Waals surface area contributed by atoms with E-state index in [1.807, 2.05) is 36.4 Å². The summed E-state index contributed by atoms with van der Waals surface area (Å²) < 4.78 is 0. The molecule has 0 aliphatic heterocycles. The van der Waals surface area contributed by atoms with Crippen LogP contribution in [0.5, 0.6) is 0 Å². The quantitative estimate of drug-likeness (QED) is 0.874. The molecular weight excluding hydrogens is 276 g/mol. The van der Waals surface area contributed by atoms with E-state index in [0.29, 0.717) is 5.56 Å². The Labute approximate surface area is 128 Å². The van der Waals surface area contributed by atoms with Gasteiger partial charge in [-0.3, -0.25) is 9.59 Å². The van der Waals surface area contributed by atoms with Gasteiger partial charge in [0, 0.05) is 16.7 Å². The van der Waals surface area contributed by atoms with E-state index in [9.17, 15) is 14.7 Å². The highest BCUT2D eigenvalue weighted by Crippen LogP contribution is 2.29. The zero-order valence-electron chi connectivity index (χ0n) is 11.8. The first-order valence-electron chi connectivity index (χ1n) is 7.00. The van der Waals surface area contributed by atoms with Crippen molar-refractivity contribution >= 4 is 23.4 Å². The number of aliphatic hydroxyl groups is 1. The van der Waals surface area contributed by atoms with E-state index < -0.39 is 11.6 Å². The Morgan fingerprint density at radius 1 is 0.818 bits per heavy atom. The van der Waals surface area contributed by atoms with Crippen LogP contribution in [0.4, 0.5) is 0 Å². The molecule has 0 spiro atoms. The molecular formula is C19H14O3. The molecule has 108 valence electrons. The highest BCUT2D eigenvalue weighted by atomic mass is 16.3. The predicted molar refractivity (Wildman–Crippen MR) is 85.4 cm³/mol. The van der Waals surface area contributed by atoms with Gasteiger partial charge in [0.2, 0.25) is 11.6 Å². The fourth-order valence-corrected chi connectivity index (χ4v) is 2.48. The van der Waals surface area contributed by atoms with Crippen LogP contribution in [-0.4, -0.2) is 16.7 Å². The van der Waals surface area contributed by atoms with E-state index in [-0.39, 0.29) is 23.3 Å². The first-order chi connectivity index (χ1) is 10.7. The summed E-state index contributed by atoms with van der Waals surface area (Å²) in [7, 11) is 0. The molecule has 3 nitrogen and oxygen atoms in total. The van der Waals surface area contributed by atoms with Crippen molar-refractivity contribution in [2.24, 2.45) is 0 Å². The lowest BCUT2D eigenvalue weighted by Gasteiger charge is -2.16. The molecule has 1 aliphatic carbocycles. The van der Waals surface area contributed by atoms with Crippen LogP contribution in [0, 0.1) is 0 Å². The van der Waals surface area contributed by atoms with Gasteiger partial charge in [0.25, 0.3) is 0 Å². The van der Waals surface area contributed by atoms with Gasteiger partial charge in [0.05, 0.1) is 0 Å². The second kappa shape index (κ2) is 5.82. The van der Waals surface area contributed by atoms with Gasteiger partial charge in [-0.1, -0.05) is 66.7 Å². The van der Waals surface area contributed by atoms with Crippen LogP contribution in [0.2, 0.25) is 0 Å². The number of hydrogen-bond acceptors (Lipinski definition) is 3. The minimum atomic E-state index is -0.631. The molecule has 2 aromatic carbocycles. The number of benzene rings is 2. The summed E-state index contributed by atoms with van der Waals surface area (Å²) in [5.41, 5.74) is 1.84. The number of rotatable bonds is 3. The van der Waals surface area contributed by atoms with Crippen molar-refractivity contribution in [3.63, 3.8) is 0 Å². The van der Waals surface area contributed by atoms with Crippen molar-refractivity contribution in [2.45, 2.75) is 6.42 Å². The summed E-state index contributed by atoms with van der Waals surface area (Å²) in [6, 6.07) is 16.3. The molecule has 2 aromatic rings. The fraction of sp³-hybridized carbons (Fsp3) is 0.0526. The summed E-state index contributed by atoms with van der Waals surface area (Å²) >= 11 is 0. The van der Waals surface area contributed by atoms with Crippen molar-refractivity contribution in [1.29, 1.82) is 0 Å². The number of fused-ring (bicyclic) bond motifs is 1. The standard InChI is InChI=1S/C19H14O3/c20-17-14-10-4-5-11-15(14)18(21)19(22)16(17)12-6-9-13-7-2-1-3-8-13/h1-11,20H,12H2/b9-6+. The maximum Gasteiger partial charge on any atom is 0.234 e. The molecule has 0 aromatic heterocycles. The normalized spacial score (nSPS) is 14.5. The summed E-state index contributed by atoms with van der Waals surface area (Å²) in [4.78, 5) is 24.2. The molecule has 3 heteroatoms. The first kappa shape index (κ1) is 14.0. The Balaban J connectivity index is 1.91. The lowest BCUT2D eigenvalue weighted by atomic mass is 9.87. The summed E-state index contributed by atoms with van der Waals surface area (Å²) in [6.07, 6.45) is 3.86. The van der Waals surface area contributed by atoms with Crippen LogP contribution >= 0.6 is 0 Å². The Morgan fingerprint density at radius 3 is 2.18 bits per heavy atom. The second-order valence-electron chi connectivity index (χ2n) is 5.05. The zero-order chi connectivity index (χ0) is 15.5. The average Bonchev–Trinajstić information content (AvgIpc) is 2.57. The van der Waals surface area contributed by atoms with E-state index in [0.717, 1.165) is 5.56 Å². The van der Waals surface area contributed by atoms with Gasteiger partial charge in [-0.2, -0.15) is 0 Å². The second-order valence-corrected chi connectivity index (χ2v) is 5.05. The molecule has 1 aliphatic rings. The van der Waals surface area contributed by atoms with Crippen LogP contribution in [0.1, 0.15) is 27.9 Å². The third-order valence-corrected chi connectivity index (χ3v) is 3.62. The van der Waals surface area contributed by atoms with Gasteiger partial charge in [-0.15, -0.1) is 0 Å². The monoisotopic (exact) mass is 290 g/mol. The van der Waals surface area contributed by atoms with Crippen LogP contribution < -0.4 is 0 Å². The summed E-state index contributed by atoms with van der Waals surface area (Å²) in [5, 5.41) is 10.3. The number of carbonyl (C=O) groups is 2. The van der Waals surface area contributed by atoms with Crippen molar-refractivity contribution in [3.8, 4) is 0 Å². The van der Waals surface area contributed by atoms with Crippen molar-refractivity contribution in [1.82, 2.24) is 0 Å². The third-order valence-electron chi connectivity index (χ3n) is 3.62. The third kappa shape index (κ3) is 2.49. The number of hydrogen-bond donors (Lipinski definition) is 1. The Hall–Kier alpha value is -2.94. The molecule has 0 unspecified atom stereocenters. The Morgan fingerprint density at radius 2 is 1.45 bits per heavy atom. The topological polar surface area (TPSA) is 54.4 Å². The van der Waals surface area contributed by atoms with E-state index >= 15 is 0 Å². The number of ketones is 2. The highest BCUT2D eigenvalue weighted by Gasteiger charge is 2.31. The van der Waals surface area contributed by atoms with Gasteiger partial charge in [0.15, 0.2) is 0 Å². The van der Waals surface area contributed by atoms with E-state index in [1.54, 1.807) is 30.3 Å². The number of aliphatic hydroxyl groups excluding tert-OH is 1. The molecule has 0 bridgehead atoms. The van der Waals surface area contributed by atoms with Crippen molar-refractivity contribution in [3.05, 3.63) is 82.9 Å². The smallest absolute Gasteiger partial charge is 0.234 e. The van der Waals surface area contributed by atoms with Crippen LogP contribution in [0.25, 0.3) is 11.8 Å². The molecule has 0 saturated heterocycles. The fourth-order valence-electron chi connectivity index (χ4n) is 2.48. The molecule has 22 heavy (non-hydrogen) atoms. The van der Waals surface area contributed by atoms with Crippen LogP contribution in [-0.2, 0) is 4.79 Å². The maximum absolute atomic E-state index is 12.1. The lowest BCUT2D eigenvalue weighted by Crippen LogP contribution is -2.23. The molecule has 0 radical (unpaired) electrons. The number of carbonyl (C=O) groups excluding carboxylic acids is 2. The molecule has 0 saturated carbocycles. The van der Waals surface area contributed by atoms with Crippen molar-refractivity contribution < 1.29 is 14.7 Å². The molecule has 0 heterocycles. The SMILES string of the molecule is O=C1C(=O)c2ccccc2C(O)=C1C/C=C/c1ccccc1. The van der Waals surface area contributed by atoms with Crippen LogP contribution in [0.15, 0.2) is 66.2 Å². The largest absolute Gasteiger partial charge is 0.507 e. The zero-order valence-corrected chi connectivity index (χ0v) is 11.8. The molecule has 0 atom stereocenters. The average molecular weight is 290 g/mol. The van der Waals surface area contributed by atoms with Gasteiger partial charge in [0.1, 0.15) is 5.76 Å². The Kier molecular flexibility index (Phi) is 3.71. The van der Waals surface area contributed by atoms with E-state index in [1.165, 1.54) is 0 Å².